The van der Waals surface area contributed by atoms with Gasteiger partial charge in [0.25, 0.3) is 15.7 Å². The molecule has 0 heterocycles. The smallest absolute Gasteiger partial charge is 0.339 e. The molecular weight excluding hydrogens is 328 g/mol. The minimum atomic E-state index is -4.15. The molecule has 0 bridgehead atoms. The Morgan fingerprint density at radius 3 is 2.48 bits per heavy atom. The first-order valence-electron chi connectivity index (χ1n) is 6.04. The second-order valence-electron chi connectivity index (χ2n) is 4.40. The van der Waals surface area contributed by atoms with Crippen molar-refractivity contribution in [2.24, 2.45) is 0 Å². The minimum Gasteiger partial charge on any atom is -0.507 e. The van der Waals surface area contributed by atoms with Gasteiger partial charge < -0.3 is 10.2 Å². The Hall–Kier alpha value is -3.14. The van der Waals surface area contributed by atoms with E-state index in [0.717, 1.165) is 36.4 Å². The molecule has 0 atom stereocenters. The van der Waals surface area contributed by atoms with Gasteiger partial charge in [0.1, 0.15) is 11.3 Å². The second kappa shape index (κ2) is 5.93. The summed E-state index contributed by atoms with van der Waals surface area (Å²) in [5, 5.41) is 29.0. The highest BCUT2D eigenvalue weighted by Gasteiger charge is 2.19. The predicted octanol–water partition coefficient (Wildman–Crippen LogP) is 1.80. The SMILES string of the molecule is O=C(O)c1cc(NS(=O)(=O)c2cccc([N+](=O)[O-])c2)ccc1O. The third-order valence-electron chi connectivity index (χ3n) is 2.82. The topological polar surface area (TPSA) is 147 Å². The third kappa shape index (κ3) is 3.55. The highest BCUT2D eigenvalue weighted by Crippen LogP contribution is 2.24. The molecule has 0 aliphatic carbocycles. The number of carboxylic acid groups (broad SMARTS) is 1. The van der Waals surface area contributed by atoms with E-state index in [1.165, 1.54) is 6.07 Å². The highest BCUT2D eigenvalue weighted by molar-refractivity contribution is 7.92. The molecule has 0 fully saturated rings. The van der Waals surface area contributed by atoms with Gasteiger partial charge in [0.2, 0.25) is 0 Å². The van der Waals surface area contributed by atoms with E-state index >= 15 is 0 Å². The van der Waals surface area contributed by atoms with Gasteiger partial charge >= 0.3 is 5.97 Å². The van der Waals surface area contributed by atoms with Gasteiger partial charge in [0.05, 0.1) is 9.82 Å². The predicted molar refractivity (Wildman–Crippen MR) is 79.0 cm³/mol. The van der Waals surface area contributed by atoms with Gasteiger partial charge in [-0.05, 0) is 24.3 Å². The van der Waals surface area contributed by atoms with E-state index in [1.807, 2.05) is 0 Å². The number of nitrogens with zero attached hydrogens (tertiary/aromatic N) is 1. The molecule has 0 unspecified atom stereocenters. The Labute approximate surface area is 130 Å². The number of anilines is 1. The number of phenols is 1. The van der Waals surface area contributed by atoms with Crippen LogP contribution in [0.2, 0.25) is 0 Å². The summed E-state index contributed by atoms with van der Waals surface area (Å²) in [5.41, 5.74) is -0.985. The van der Waals surface area contributed by atoms with Crippen LogP contribution in [0.3, 0.4) is 0 Å². The molecule has 10 heteroatoms. The molecule has 2 aromatic rings. The Kier molecular flexibility index (Phi) is 4.18. The van der Waals surface area contributed by atoms with Crippen LogP contribution in [-0.4, -0.2) is 29.5 Å². The minimum absolute atomic E-state index is 0.105. The Bertz CT molecular complexity index is 893. The van der Waals surface area contributed by atoms with Gasteiger partial charge in [-0.15, -0.1) is 0 Å². The summed E-state index contributed by atoms with van der Waals surface area (Å²) in [7, 11) is -4.15. The maximum Gasteiger partial charge on any atom is 0.339 e. The van der Waals surface area contributed by atoms with Crippen molar-refractivity contribution in [2.45, 2.75) is 4.90 Å². The Morgan fingerprint density at radius 2 is 1.87 bits per heavy atom. The number of sulfonamides is 1. The van der Waals surface area contributed by atoms with Gasteiger partial charge in [-0.1, -0.05) is 6.07 Å². The zero-order valence-electron chi connectivity index (χ0n) is 11.3. The van der Waals surface area contributed by atoms with E-state index in [9.17, 15) is 28.4 Å². The number of nitro benzene ring substituents is 1. The Morgan fingerprint density at radius 1 is 1.17 bits per heavy atom. The summed E-state index contributed by atoms with van der Waals surface area (Å²) in [5.74, 6) is -1.95. The standard InChI is InChI=1S/C13H10N2O7S/c16-12-5-4-8(6-11(12)13(17)18)14-23(21,22)10-3-1-2-9(7-10)15(19)20/h1-7,14,16H,(H,17,18). The lowest BCUT2D eigenvalue weighted by Crippen LogP contribution is -2.13. The average Bonchev–Trinajstić information content (AvgIpc) is 2.49. The quantitative estimate of drug-likeness (QED) is 0.428. The first kappa shape index (κ1) is 16.2. The monoisotopic (exact) mass is 338 g/mol. The molecule has 0 aliphatic heterocycles. The lowest BCUT2D eigenvalue weighted by atomic mass is 10.2. The number of hydrogen-bond acceptors (Lipinski definition) is 6. The fraction of sp³-hybridized carbons (Fsp3) is 0. The summed E-state index contributed by atoms with van der Waals surface area (Å²) in [4.78, 5) is 20.5. The molecule has 2 rings (SSSR count). The second-order valence-corrected chi connectivity index (χ2v) is 6.08. The third-order valence-corrected chi connectivity index (χ3v) is 4.20. The number of nitro groups is 1. The van der Waals surface area contributed by atoms with Crippen LogP contribution in [0.15, 0.2) is 47.4 Å². The van der Waals surface area contributed by atoms with Crippen LogP contribution in [0.25, 0.3) is 0 Å². The molecule has 0 amide bonds. The van der Waals surface area contributed by atoms with E-state index in [1.54, 1.807) is 0 Å². The van der Waals surface area contributed by atoms with Crippen LogP contribution in [0.5, 0.6) is 5.75 Å². The fourth-order valence-corrected chi connectivity index (χ4v) is 2.84. The van der Waals surface area contributed by atoms with E-state index in [4.69, 9.17) is 5.11 Å². The number of carbonyl (C=O) groups is 1. The van der Waals surface area contributed by atoms with Crippen molar-refractivity contribution in [1.82, 2.24) is 0 Å². The van der Waals surface area contributed by atoms with Gasteiger partial charge in [-0.3, -0.25) is 14.8 Å². The fourth-order valence-electron chi connectivity index (χ4n) is 1.75. The van der Waals surface area contributed by atoms with Crippen LogP contribution in [-0.2, 0) is 10.0 Å². The van der Waals surface area contributed by atoms with Crippen LogP contribution < -0.4 is 4.72 Å². The molecule has 0 radical (unpaired) electrons. The number of nitrogens with one attached hydrogen (secondary N) is 1. The summed E-state index contributed by atoms with van der Waals surface area (Å²) in [6, 6.07) is 7.51. The number of benzene rings is 2. The normalized spacial score (nSPS) is 11.0. The van der Waals surface area contributed by atoms with E-state index in [-0.39, 0.29) is 10.6 Å². The average molecular weight is 338 g/mol. The molecule has 23 heavy (non-hydrogen) atoms. The van der Waals surface area contributed by atoms with Crippen LogP contribution in [0.4, 0.5) is 11.4 Å². The number of hydrogen-bond donors (Lipinski definition) is 3. The molecule has 0 aliphatic rings. The summed E-state index contributed by atoms with van der Waals surface area (Å²) >= 11 is 0. The van der Waals surface area contributed by atoms with Crippen molar-refractivity contribution in [2.75, 3.05) is 4.72 Å². The Balaban J connectivity index is 2.39. The highest BCUT2D eigenvalue weighted by atomic mass is 32.2. The van der Waals surface area contributed by atoms with Crippen molar-refractivity contribution in [3.8, 4) is 5.75 Å². The number of carboxylic acids is 1. The maximum absolute atomic E-state index is 12.2. The number of aromatic carboxylic acids is 1. The van der Waals surface area contributed by atoms with Gasteiger partial charge in [0, 0.05) is 17.8 Å². The molecule has 120 valence electrons. The van der Waals surface area contributed by atoms with Crippen molar-refractivity contribution < 1.29 is 28.3 Å². The van der Waals surface area contributed by atoms with E-state index in [2.05, 4.69) is 4.72 Å². The van der Waals surface area contributed by atoms with Crippen LogP contribution in [0.1, 0.15) is 10.4 Å². The largest absolute Gasteiger partial charge is 0.507 e. The van der Waals surface area contributed by atoms with Crippen molar-refractivity contribution >= 4 is 27.4 Å². The molecular formula is C13H10N2O7S. The van der Waals surface area contributed by atoms with Gasteiger partial charge in [-0.25, -0.2) is 13.2 Å². The lowest BCUT2D eigenvalue weighted by Gasteiger charge is -2.09. The first-order chi connectivity index (χ1) is 10.7. The molecule has 3 N–H and O–H groups in total. The van der Waals surface area contributed by atoms with E-state index in [0.29, 0.717) is 0 Å². The van der Waals surface area contributed by atoms with Crippen molar-refractivity contribution in [3.05, 3.63) is 58.1 Å². The van der Waals surface area contributed by atoms with Crippen LogP contribution >= 0.6 is 0 Å². The molecule has 0 spiro atoms. The van der Waals surface area contributed by atoms with Crippen molar-refractivity contribution in [1.29, 1.82) is 0 Å². The molecule has 2 aromatic carbocycles. The number of non-ortho nitro benzene ring substituents is 1. The summed E-state index contributed by atoms with van der Waals surface area (Å²) in [6.45, 7) is 0. The number of aromatic hydroxyl groups is 1. The maximum atomic E-state index is 12.2. The summed E-state index contributed by atoms with van der Waals surface area (Å²) < 4.78 is 26.5. The first-order valence-corrected chi connectivity index (χ1v) is 7.52. The van der Waals surface area contributed by atoms with Gasteiger partial charge in [0.15, 0.2) is 0 Å². The zero-order valence-corrected chi connectivity index (χ0v) is 12.1. The molecule has 0 saturated heterocycles. The lowest BCUT2D eigenvalue weighted by molar-refractivity contribution is -0.385. The molecule has 0 aromatic heterocycles. The van der Waals surface area contributed by atoms with E-state index < -0.39 is 37.9 Å². The summed E-state index contributed by atoms with van der Waals surface area (Å²) in [6.07, 6.45) is 0. The van der Waals surface area contributed by atoms with Crippen molar-refractivity contribution in [3.63, 3.8) is 0 Å². The molecule has 9 nitrogen and oxygen atoms in total. The molecule has 0 saturated carbocycles. The zero-order chi connectivity index (χ0) is 17.2. The number of rotatable bonds is 5. The van der Waals surface area contributed by atoms with Crippen LogP contribution in [0, 0.1) is 10.1 Å². The van der Waals surface area contributed by atoms with Gasteiger partial charge in [-0.2, -0.15) is 0 Å².